The maximum Gasteiger partial charge on any atom is 0.278 e. The molecule has 37 heavy (non-hydrogen) atoms. The summed E-state index contributed by atoms with van der Waals surface area (Å²) in [5.41, 5.74) is 10.6. The molecule has 3 heterocycles. The van der Waals surface area contributed by atoms with Crippen molar-refractivity contribution in [3.8, 4) is 0 Å². The first-order valence-electron chi connectivity index (χ1n) is 12.3. The number of carbonyl (C=O) groups excluding carboxylic acids is 2. The number of benzene rings is 1. The zero-order valence-electron chi connectivity index (χ0n) is 21.4. The zero-order valence-corrected chi connectivity index (χ0v) is 22.2. The Labute approximate surface area is 219 Å². The molecule has 2 amide bonds. The molecular weight excluding hydrogens is 498 g/mol. The van der Waals surface area contributed by atoms with Crippen molar-refractivity contribution in [2.75, 3.05) is 18.4 Å². The molecule has 0 radical (unpaired) electrons. The minimum Gasteiger partial charge on any atom is -0.381 e. The van der Waals surface area contributed by atoms with Gasteiger partial charge < -0.3 is 20.6 Å². The first-order valence-corrected chi connectivity index (χ1v) is 12.7. The minimum atomic E-state index is -0.757. The third kappa shape index (κ3) is 4.43. The molecule has 2 aliphatic heterocycles. The fraction of sp³-hybridized carbons (Fsp3) is 0.542. The van der Waals surface area contributed by atoms with Gasteiger partial charge in [0.2, 0.25) is 11.3 Å². The number of amides is 2. The molecular formula is C24H32ClN9O3. The smallest absolute Gasteiger partial charge is 0.278 e. The van der Waals surface area contributed by atoms with Crippen LogP contribution in [-0.4, -0.2) is 40.4 Å². The van der Waals surface area contributed by atoms with Gasteiger partial charge in [0.25, 0.3) is 5.91 Å². The zero-order chi connectivity index (χ0) is 27.1. The minimum absolute atomic E-state index is 0.0531. The average Bonchev–Trinajstić information content (AvgIpc) is 3.16. The number of nitrogens with two attached hydrogens (primary N) is 1. The maximum atomic E-state index is 13.9. The van der Waals surface area contributed by atoms with Gasteiger partial charge in [-0.05, 0) is 46.0 Å². The largest absolute Gasteiger partial charge is 0.381 e. The van der Waals surface area contributed by atoms with Crippen molar-refractivity contribution in [3.63, 3.8) is 0 Å². The van der Waals surface area contributed by atoms with Gasteiger partial charge in [-0.25, -0.2) is 5.43 Å². The first-order chi connectivity index (χ1) is 17.6. The van der Waals surface area contributed by atoms with E-state index in [1.807, 2.05) is 30.2 Å². The SMILES string of the molecule is CCc1c(NC2CCN(C(C)=O)CC2)c(Cl)c2c(c1N=NN)c(=O)c(C(=O)NN=N)c1n2C(C)(C)CC1. The van der Waals surface area contributed by atoms with E-state index in [1.165, 1.54) is 0 Å². The number of piperidine rings is 1. The quantitative estimate of drug-likeness (QED) is 0.251. The van der Waals surface area contributed by atoms with Gasteiger partial charge in [-0.3, -0.25) is 14.4 Å². The molecule has 2 aromatic rings. The van der Waals surface area contributed by atoms with Crippen LogP contribution in [0.15, 0.2) is 20.4 Å². The predicted octanol–water partition coefficient (Wildman–Crippen LogP) is 3.95. The standard InChI is InChI=1S/C24H32ClN9O3/c1-5-14-19(29-31-26)17-21(18(25)20(14)28-13-7-10-33(11-8-13)12(2)35)34-15(6-9-24(34,3)4)16(22(17)36)23(37)30-32-27/h13,28H,5-11H2,1-4H3,(H2,26,29)(H2,27,30,37). The van der Waals surface area contributed by atoms with Crippen molar-refractivity contribution in [1.29, 1.82) is 5.53 Å². The van der Waals surface area contributed by atoms with E-state index in [9.17, 15) is 14.4 Å². The van der Waals surface area contributed by atoms with Crippen LogP contribution in [0, 0.1) is 5.53 Å². The van der Waals surface area contributed by atoms with E-state index >= 15 is 0 Å². The van der Waals surface area contributed by atoms with Crippen LogP contribution in [0.25, 0.3) is 10.9 Å². The Morgan fingerprint density at radius 1 is 1.27 bits per heavy atom. The van der Waals surface area contributed by atoms with Crippen LogP contribution < -0.4 is 22.0 Å². The Morgan fingerprint density at radius 2 is 1.95 bits per heavy atom. The highest BCUT2D eigenvalue weighted by Gasteiger charge is 2.38. The Balaban J connectivity index is 2.03. The summed E-state index contributed by atoms with van der Waals surface area (Å²) >= 11 is 7.13. The van der Waals surface area contributed by atoms with E-state index in [0.29, 0.717) is 59.8 Å². The van der Waals surface area contributed by atoms with Gasteiger partial charge >= 0.3 is 0 Å². The number of nitrogens with zero attached hydrogens (tertiary/aromatic N) is 5. The first kappa shape index (κ1) is 26.5. The maximum absolute atomic E-state index is 13.9. The predicted molar refractivity (Wildman–Crippen MR) is 140 cm³/mol. The van der Waals surface area contributed by atoms with Gasteiger partial charge in [0.05, 0.1) is 21.6 Å². The lowest BCUT2D eigenvalue weighted by Crippen LogP contribution is -2.41. The molecule has 0 aliphatic carbocycles. The fourth-order valence-electron chi connectivity index (χ4n) is 5.66. The van der Waals surface area contributed by atoms with Crippen LogP contribution in [0.2, 0.25) is 5.02 Å². The third-order valence-electron chi connectivity index (χ3n) is 7.49. The molecule has 4 rings (SSSR count). The lowest BCUT2D eigenvalue weighted by molar-refractivity contribution is -0.129. The van der Waals surface area contributed by atoms with E-state index < -0.39 is 16.9 Å². The summed E-state index contributed by atoms with van der Waals surface area (Å²) in [7, 11) is 0. The van der Waals surface area contributed by atoms with Crippen LogP contribution in [-0.2, 0) is 23.2 Å². The lowest BCUT2D eigenvalue weighted by Gasteiger charge is -2.34. The van der Waals surface area contributed by atoms with E-state index in [2.05, 4.69) is 26.3 Å². The molecule has 1 aromatic carbocycles. The van der Waals surface area contributed by atoms with E-state index in [1.54, 1.807) is 6.92 Å². The van der Waals surface area contributed by atoms with Crippen molar-refractivity contribution in [2.24, 2.45) is 21.4 Å². The second-order valence-electron chi connectivity index (χ2n) is 10.1. The molecule has 1 aromatic heterocycles. The van der Waals surface area contributed by atoms with Crippen molar-refractivity contribution in [1.82, 2.24) is 14.9 Å². The number of hydrogen-bond donors (Lipinski definition) is 4. The number of carbonyl (C=O) groups is 2. The molecule has 0 unspecified atom stereocenters. The van der Waals surface area contributed by atoms with Gasteiger partial charge in [-0.1, -0.05) is 29.0 Å². The number of pyridine rings is 1. The van der Waals surface area contributed by atoms with Crippen LogP contribution in [0.5, 0.6) is 0 Å². The molecule has 1 saturated heterocycles. The molecule has 13 heteroatoms. The molecule has 0 spiro atoms. The van der Waals surface area contributed by atoms with Crippen molar-refractivity contribution in [3.05, 3.63) is 32.1 Å². The summed E-state index contributed by atoms with van der Waals surface area (Å²) in [6, 6.07) is 0.0556. The Bertz CT molecular complexity index is 1370. The highest BCUT2D eigenvalue weighted by Crippen LogP contribution is 2.46. The van der Waals surface area contributed by atoms with Crippen LogP contribution in [0.1, 0.15) is 68.6 Å². The van der Waals surface area contributed by atoms with Crippen LogP contribution >= 0.6 is 11.6 Å². The Kier molecular flexibility index (Phi) is 7.22. The number of rotatable bonds is 6. The van der Waals surface area contributed by atoms with Gasteiger partial charge in [0.1, 0.15) is 11.3 Å². The molecule has 198 valence electrons. The molecule has 5 N–H and O–H groups in total. The Hall–Kier alpha value is -3.54. The summed E-state index contributed by atoms with van der Waals surface area (Å²) in [4.78, 5) is 40.4. The van der Waals surface area contributed by atoms with Crippen LogP contribution in [0.4, 0.5) is 11.4 Å². The normalized spacial score (nSPS) is 17.3. The second kappa shape index (κ2) is 10.1. The van der Waals surface area contributed by atoms with Crippen molar-refractivity contribution < 1.29 is 9.59 Å². The molecule has 0 bridgehead atoms. The molecule has 1 fully saturated rings. The summed E-state index contributed by atoms with van der Waals surface area (Å²) in [6.07, 6.45) is 3.10. The van der Waals surface area contributed by atoms with E-state index in [4.69, 9.17) is 23.0 Å². The molecule has 12 nitrogen and oxygen atoms in total. The fourth-order valence-corrected chi connectivity index (χ4v) is 6.00. The summed E-state index contributed by atoms with van der Waals surface area (Å²) in [5, 5.41) is 14.7. The number of halogens is 1. The second-order valence-corrected chi connectivity index (χ2v) is 10.5. The third-order valence-corrected chi connectivity index (χ3v) is 7.86. The lowest BCUT2D eigenvalue weighted by atomic mass is 9.97. The monoisotopic (exact) mass is 529 g/mol. The van der Waals surface area contributed by atoms with Gasteiger partial charge in [0.15, 0.2) is 0 Å². The number of aromatic nitrogens is 1. The van der Waals surface area contributed by atoms with Gasteiger partial charge in [0, 0.05) is 42.9 Å². The summed E-state index contributed by atoms with van der Waals surface area (Å²) in [6.45, 7) is 8.79. The highest BCUT2D eigenvalue weighted by molar-refractivity contribution is 6.39. The summed E-state index contributed by atoms with van der Waals surface area (Å²) in [5.74, 6) is 4.79. The molecule has 0 atom stereocenters. The number of likely N-dealkylation sites (tertiary alicyclic amines) is 1. The molecule has 0 saturated carbocycles. The van der Waals surface area contributed by atoms with Crippen LogP contribution in [0.3, 0.4) is 0 Å². The number of anilines is 1. The highest BCUT2D eigenvalue weighted by atomic mass is 35.5. The average molecular weight is 530 g/mol. The van der Waals surface area contributed by atoms with Gasteiger partial charge in [-0.15, -0.1) is 5.11 Å². The number of nitrogens with one attached hydrogen (secondary N) is 3. The van der Waals surface area contributed by atoms with Crippen molar-refractivity contribution in [2.45, 2.75) is 71.4 Å². The topological polar surface area (TPSA) is 170 Å². The van der Waals surface area contributed by atoms with Gasteiger partial charge in [-0.2, -0.15) is 5.53 Å². The number of hydrogen-bond acceptors (Lipinski definition) is 8. The van der Waals surface area contributed by atoms with Crippen molar-refractivity contribution >= 4 is 45.7 Å². The Morgan fingerprint density at radius 3 is 2.51 bits per heavy atom. The van der Waals surface area contributed by atoms with E-state index in [-0.39, 0.29) is 28.6 Å². The molecule has 2 aliphatic rings. The van der Waals surface area contributed by atoms with E-state index in [0.717, 1.165) is 12.8 Å². The summed E-state index contributed by atoms with van der Waals surface area (Å²) < 4.78 is 1.93. The number of fused-ring (bicyclic) bond motifs is 3.